The van der Waals surface area contributed by atoms with E-state index in [0.717, 1.165) is 40.4 Å². The van der Waals surface area contributed by atoms with Crippen molar-refractivity contribution in [1.82, 2.24) is 24.1 Å². The summed E-state index contributed by atoms with van der Waals surface area (Å²) in [5, 5.41) is 1.12. The lowest BCUT2D eigenvalue weighted by atomic mass is 9.98. The molecule has 0 atom stereocenters. The number of hydrogen-bond acceptors (Lipinski definition) is 4. The average Bonchev–Trinajstić information content (AvgIpc) is 4.03. The van der Waals surface area contributed by atoms with Crippen LogP contribution in [-0.4, -0.2) is 24.1 Å². The summed E-state index contributed by atoms with van der Waals surface area (Å²) in [6.45, 7) is 0. The van der Waals surface area contributed by atoms with Crippen molar-refractivity contribution in [1.29, 1.82) is 0 Å². The highest BCUT2D eigenvalue weighted by atomic mass is 32.1. The van der Waals surface area contributed by atoms with Crippen LogP contribution in [-0.2, 0) is 0 Å². The van der Waals surface area contributed by atoms with Gasteiger partial charge in [-0.25, -0.2) is 0 Å². The van der Waals surface area contributed by atoms with Crippen LogP contribution >= 0.6 is 11.3 Å². The summed E-state index contributed by atoms with van der Waals surface area (Å²) in [7, 11) is 0. The molecule has 0 N–H and O–H groups in total. The van der Waals surface area contributed by atoms with E-state index in [2.05, 4.69) is 18.2 Å². The van der Waals surface area contributed by atoms with Gasteiger partial charge in [0, 0.05) is 47.3 Å². The van der Waals surface area contributed by atoms with Gasteiger partial charge in [0.1, 0.15) is 0 Å². The SMILES string of the molecule is [2H]c1c([2H])c([2H])c2c(c1[2H])c1c([2H])c([2H])c([2H])c([2H])c1n2-c1nc(-c2ccc(-c3cccc4sc5ccccc5c34)cc2)nc(-n2c3c([2H])c([2H])c([2H])c([2H])c3c3c([2H])c([2H])c([2H])c([2H])c32)n1. The smallest absolute Gasteiger partial charge is 0.240 e. The van der Waals surface area contributed by atoms with Crippen molar-refractivity contribution in [3.63, 3.8) is 0 Å². The van der Waals surface area contributed by atoms with Gasteiger partial charge in [-0.3, -0.25) is 9.13 Å². The molecule has 0 spiro atoms. The van der Waals surface area contributed by atoms with Crippen LogP contribution in [0.2, 0.25) is 0 Å². The third kappa shape index (κ3) is 4.24. The Morgan fingerprint density at radius 3 is 1.45 bits per heavy atom. The molecule has 51 heavy (non-hydrogen) atoms. The van der Waals surface area contributed by atoms with Crippen molar-refractivity contribution < 1.29 is 21.9 Å². The maximum atomic E-state index is 9.14. The highest BCUT2D eigenvalue weighted by Gasteiger charge is 2.20. The zero-order chi connectivity index (χ0) is 47.4. The number of para-hydroxylation sites is 4. The lowest BCUT2D eigenvalue weighted by Gasteiger charge is -2.13. The predicted molar refractivity (Wildman–Crippen MR) is 212 cm³/mol. The Bertz CT molecular complexity index is 3730. The molecular formula is C45H27N5S. The fourth-order valence-electron chi connectivity index (χ4n) is 6.74. The van der Waals surface area contributed by atoms with Crippen LogP contribution in [0.25, 0.3) is 98.2 Å². The summed E-state index contributed by atoms with van der Waals surface area (Å²) in [6.07, 6.45) is 0. The Balaban J connectivity index is 1.29. The van der Waals surface area contributed by atoms with Crippen LogP contribution in [0.3, 0.4) is 0 Å². The quantitative estimate of drug-likeness (QED) is 0.185. The monoisotopic (exact) mass is 685 g/mol. The zero-order valence-electron chi connectivity index (χ0n) is 42.0. The van der Waals surface area contributed by atoms with Gasteiger partial charge >= 0.3 is 0 Å². The Morgan fingerprint density at radius 1 is 0.431 bits per heavy atom. The van der Waals surface area contributed by atoms with E-state index in [0.29, 0.717) is 5.56 Å². The molecule has 7 aromatic carbocycles. The summed E-state index contributed by atoms with van der Waals surface area (Å²) in [4.78, 5) is 14.4. The Hall–Kier alpha value is -6.63. The standard InChI is InChI=1S/C45H27N5S/c1-6-18-36-31(12-1)32-13-2-7-19-37(32)49(36)44-46-43(47-45(48-44)50-38-20-8-3-14-33(38)34-15-4-9-21-39(34)50)29-26-24-28(25-27-29)30-17-11-23-41-42(30)35-16-5-10-22-40(35)51-41/h1-27H/i1D,2D,3D,4D,6D,7D,8D,9D,12D,13D,14D,15D,18D,19D,20D,21D. The van der Waals surface area contributed by atoms with Crippen molar-refractivity contribution in [2.75, 3.05) is 0 Å². The number of rotatable bonds is 4. The van der Waals surface area contributed by atoms with Crippen LogP contribution in [0.15, 0.2) is 163 Å². The highest BCUT2D eigenvalue weighted by molar-refractivity contribution is 7.25. The van der Waals surface area contributed by atoms with Crippen molar-refractivity contribution in [2.24, 2.45) is 0 Å². The first-order valence-corrected chi connectivity index (χ1v) is 16.6. The van der Waals surface area contributed by atoms with Gasteiger partial charge in [-0.05, 0) is 47.4 Å². The Kier molecular flexibility index (Phi) is 3.61. The molecule has 11 rings (SSSR count). The second-order valence-electron chi connectivity index (χ2n) is 11.7. The summed E-state index contributed by atoms with van der Waals surface area (Å²) < 4.78 is 146. The fraction of sp³-hybridized carbons (Fsp3) is 0. The van der Waals surface area contributed by atoms with Crippen molar-refractivity contribution in [3.05, 3.63) is 163 Å². The number of hydrogen-bond donors (Lipinski definition) is 0. The first-order chi connectivity index (χ1) is 31.9. The molecule has 0 aliphatic rings. The zero-order valence-corrected chi connectivity index (χ0v) is 26.8. The molecule has 5 nitrogen and oxygen atoms in total. The topological polar surface area (TPSA) is 48.5 Å². The molecule has 6 heteroatoms. The lowest BCUT2D eigenvalue weighted by Crippen LogP contribution is -2.10. The van der Waals surface area contributed by atoms with Gasteiger partial charge in [-0.2, -0.15) is 15.0 Å². The number of fused-ring (bicyclic) bond motifs is 9. The molecule has 4 heterocycles. The molecule has 0 saturated carbocycles. The minimum Gasteiger partial charge on any atom is -0.278 e. The number of aromatic nitrogens is 5. The molecule has 0 amide bonds. The van der Waals surface area contributed by atoms with E-state index < -0.39 is 109 Å². The van der Waals surface area contributed by atoms with Gasteiger partial charge in [-0.1, -0.05) is 127 Å². The third-order valence-electron chi connectivity index (χ3n) is 8.93. The van der Waals surface area contributed by atoms with Crippen LogP contribution in [0.4, 0.5) is 0 Å². The third-order valence-corrected chi connectivity index (χ3v) is 10.1. The van der Waals surface area contributed by atoms with E-state index in [-0.39, 0.29) is 49.4 Å². The van der Waals surface area contributed by atoms with E-state index in [1.165, 1.54) is 0 Å². The van der Waals surface area contributed by atoms with Gasteiger partial charge in [0.05, 0.1) is 44.0 Å². The second-order valence-corrected chi connectivity index (χ2v) is 12.8. The van der Waals surface area contributed by atoms with E-state index in [9.17, 15) is 0 Å². The van der Waals surface area contributed by atoms with Crippen molar-refractivity contribution in [3.8, 4) is 34.4 Å². The van der Waals surface area contributed by atoms with E-state index in [4.69, 9.17) is 36.9 Å². The second kappa shape index (κ2) is 10.9. The van der Waals surface area contributed by atoms with Gasteiger partial charge in [0.15, 0.2) is 5.82 Å². The average molecular weight is 686 g/mol. The number of nitrogens with zero attached hydrogens (tertiary/aromatic N) is 5. The molecule has 0 aliphatic carbocycles. The molecule has 0 unspecified atom stereocenters. The van der Waals surface area contributed by atoms with Gasteiger partial charge in [0.2, 0.25) is 11.9 Å². The molecule has 238 valence electrons. The summed E-state index contributed by atoms with van der Waals surface area (Å²) >= 11 is 1.67. The molecule has 0 radical (unpaired) electrons. The number of thiophene rings is 1. The minimum absolute atomic E-state index is 0.126. The van der Waals surface area contributed by atoms with E-state index in [1.807, 2.05) is 36.4 Å². The number of benzene rings is 7. The Morgan fingerprint density at radius 2 is 0.902 bits per heavy atom. The summed E-state index contributed by atoms with van der Waals surface area (Å²) in [5.41, 5.74) is 0.867. The van der Waals surface area contributed by atoms with Crippen LogP contribution in [0.1, 0.15) is 21.9 Å². The van der Waals surface area contributed by atoms with E-state index >= 15 is 0 Å². The molecule has 4 aromatic heterocycles. The van der Waals surface area contributed by atoms with E-state index in [1.54, 1.807) is 23.5 Å². The van der Waals surface area contributed by atoms with Crippen molar-refractivity contribution >= 4 is 75.1 Å². The molecular weight excluding hydrogens is 643 g/mol. The molecule has 0 saturated heterocycles. The Labute approximate surface area is 318 Å². The van der Waals surface area contributed by atoms with Gasteiger partial charge < -0.3 is 0 Å². The van der Waals surface area contributed by atoms with Crippen LogP contribution in [0, 0.1) is 0 Å². The highest BCUT2D eigenvalue weighted by Crippen LogP contribution is 2.40. The van der Waals surface area contributed by atoms with Gasteiger partial charge in [-0.15, -0.1) is 11.3 Å². The van der Waals surface area contributed by atoms with Crippen LogP contribution < -0.4 is 0 Å². The maximum absolute atomic E-state index is 9.14. The maximum Gasteiger partial charge on any atom is 0.240 e. The molecule has 0 bridgehead atoms. The lowest BCUT2D eigenvalue weighted by molar-refractivity contribution is 0.893. The van der Waals surface area contributed by atoms with Crippen LogP contribution in [0.5, 0.6) is 0 Å². The van der Waals surface area contributed by atoms with Gasteiger partial charge in [0.25, 0.3) is 0 Å². The predicted octanol–water partition coefficient (Wildman–Crippen LogP) is 11.8. The first-order valence-electron chi connectivity index (χ1n) is 23.7. The largest absolute Gasteiger partial charge is 0.278 e. The molecule has 0 aliphatic heterocycles. The normalized spacial score (nSPS) is 16.3. The molecule has 0 fully saturated rings. The molecule has 11 aromatic rings. The minimum atomic E-state index is -0.690. The summed E-state index contributed by atoms with van der Waals surface area (Å²) in [5.74, 6) is -1.03. The van der Waals surface area contributed by atoms with Crippen molar-refractivity contribution in [2.45, 2.75) is 0 Å². The first kappa shape index (κ1) is 16.9. The fourth-order valence-corrected chi connectivity index (χ4v) is 7.87. The summed E-state index contributed by atoms with van der Waals surface area (Å²) in [6, 6.07) is 10.9.